The van der Waals surface area contributed by atoms with Crippen molar-refractivity contribution in [3.05, 3.63) is 0 Å². The topological polar surface area (TPSA) is 46.2 Å². The van der Waals surface area contributed by atoms with Crippen molar-refractivity contribution >= 4 is 10.0 Å². The van der Waals surface area contributed by atoms with Crippen LogP contribution in [0.15, 0.2) is 0 Å². The van der Waals surface area contributed by atoms with E-state index in [0.717, 1.165) is 0 Å². The summed E-state index contributed by atoms with van der Waals surface area (Å²) >= 11 is 0. The van der Waals surface area contributed by atoms with Gasteiger partial charge in [-0.1, -0.05) is 20.8 Å². The summed E-state index contributed by atoms with van der Waals surface area (Å²) in [5.41, 5.74) is -5.19. The Kier molecular flexibility index (Phi) is 6.36. The van der Waals surface area contributed by atoms with Gasteiger partial charge < -0.3 is 0 Å². The molecule has 0 fully saturated rings. The van der Waals surface area contributed by atoms with Crippen LogP contribution in [0.1, 0.15) is 20.8 Å². The van der Waals surface area contributed by atoms with E-state index in [1.54, 1.807) is 0 Å². The molecule has 0 aromatic heterocycles. The number of sulfonamides is 1. The second-order valence-electron chi connectivity index (χ2n) is 1.45. The average Bonchev–Trinajstić information content (AvgIpc) is 1.89. The fourth-order valence-electron chi connectivity index (χ4n) is 0.272. The monoisotopic (exact) mass is 207 g/mol. The highest BCUT2D eigenvalue weighted by Crippen LogP contribution is 2.20. The SMILES string of the molecule is CC.CCNS(=O)(=O)C(F)(F)F. The van der Waals surface area contributed by atoms with Gasteiger partial charge in [-0.25, -0.2) is 13.1 Å². The molecule has 7 heteroatoms. The lowest BCUT2D eigenvalue weighted by Gasteiger charge is -2.06. The average molecular weight is 207 g/mol. The molecule has 0 amide bonds. The van der Waals surface area contributed by atoms with Gasteiger partial charge in [0.05, 0.1) is 0 Å². The fraction of sp³-hybridized carbons (Fsp3) is 1.00. The van der Waals surface area contributed by atoms with Crippen LogP contribution >= 0.6 is 0 Å². The van der Waals surface area contributed by atoms with Crippen LogP contribution in [-0.4, -0.2) is 20.5 Å². The Morgan fingerprint density at radius 1 is 1.25 bits per heavy atom. The molecule has 0 rings (SSSR count). The predicted octanol–water partition coefficient (Wildman–Crippen LogP) is 1.47. The molecule has 0 spiro atoms. The normalized spacial score (nSPS) is 11.8. The lowest BCUT2D eigenvalue weighted by molar-refractivity contribution is -0.0447. The van der Waals surface area contributed by atoms with Crippen LogP contribution in [0.4, 0.5) is 13.2 Å². The number of halogens is 3. The van der Waals surface area contributed by atoms with Gasteiger partial charge in [0.15, 0.2) is 0 Å². The van der Waals surface area contributed by atoms with Crippen molar-refractivity contribution < 1.29 is 21.6 Å². The van der Waals surface area contributed by atoms with Crippen molar-refractivity contribution in [1.82, 2.24) is 4.72 Å². The largest absolute Gasteiger partial charge is 0.511 e. The van der Waals surface area contributed by atoms with Gasteiger partial charge in [-0.3, -0.25) is 0 Å². The molecule has 0 heterocycles. The molecule has 0 saturated heterocycles. The molecule has 1 N–H and O–H groups in total. The summed E-state index contributed by atoms with van der Waals surface area (Å²) in [6, 6.07) is 0. The summed E-state index contributed by atoms with van der Waals surface area (Å²) in [4.78, 5) is 0. The molecule has 0 unspecified atom stereocenters. The van der Waals surface area contributed by atoms with E-state index in [1.165, 1.54) is 11.6 Å². The van der Waals surface area contributed by atoms with Crippen molar-refractivity contribution in [3.8, 4) is 0 Å². The minimum atomic E-state index is -5.19. The van der Waals surface area contributed by atoms with Gasteiger partial charge in [0, 0.05) is 6.54 Å². The molecule has 0 aliphatic rings. The second-order valence-corrected chi connectivity index (χ2v) is 3.21. The molecule has 0 radical (unpaired) electrons. The van der Waals surface area contributed by atoms with Gasteiger partial charge in [-0.2, -0.15) is 13.2 Å². The zero-order chi connectivity index (χ0) is 10.4. The van der Waals surface area contributed by atoms with Crippen LogP contribution in [0.25, 0.3) is 0 Å². The zero-order valence-electron chi connectivity index (χ0n) is 7.07. The summed E-state index contributed by atoms with van der Waals surface area (Å²) < 4.78 is 55.5. The number of alkyl halides is 3. The molecular formula is C5H12F3NO2S. The van der Waals surface area contributed by atoms with Crippen molar-refractivity contribution in [2.24, 2.45) is 0 Å². The molecule has 0 saturated carbocycles. The van der Waals surface area contributed by atoms with Crippen molar-refractivity contribution in [2.45, 2.75) is 26.3 Å². The van der Waals surface area contributed by atoms with E-state index in [-0.39, 0.29) is 6.54 Å². The second kappa shape index (κ2) is 5.36. The Morgan fingerprint density at radius 3 is 1.67 bits per heavy atom. The third-order valence-electron chi connectivity index (χ3n) is 0.639. The van der Waals surface area contributed by atoms with Gasteiger partial charge in [0.25, 0.3) is 0 Å². The highest BCUT2D eigenvalue weighted by Gasteiger charge is 2.45. The van der Waals surface area contributed by atoms with Gasteiger partial charge in [-0.05, 0) is 0 Å². The molecule has 0 atom stereocenters. The van der Waals surface area contributed by atoms with E-state index in [1.807, 2.05) is 13.8 Å². The van der Waals surface area contributed by atoms with E-state index in [9.17, 15) is 21.6 Å². The smallest absolute Gasteiger partial charge is 0.208 e. The Hall–Kier alpha value is -0.300. The molecule has 76 valence electrons. The Labute approximate surface area is 70.0 Å². The lowest BCUT2D eigenvalue weighted by Crippen LogP contribution is -2.36. The van der Waals surface area contributed by atoms with Crippen LogP contribution in [0.2, 0.25) is 0 Å². The maximum atomic E-state index is 11.4. The molecule has 12 heavy (non-hydrogen) atoms. The Balaban J connectivity index is 0. The first-order valence-electron chi connectivity index (χ1n) is 3.37. The highest BCUT2D eigenvalue weighted by atomic mass is 32.2. The lowest BCUT2D eigenvalue weighted by atomic mass is 10.8. The molecular weight excluding hydrogens is 195 g/mol. The van der Waals surface area contributed by atoms with E-state index >= 15 is 0 Å². The standard InChI is InChI=1S/C3H6F3NO2S.C2H6/c1-2-7-10(8,9)3(4,5)6;1-2/h7H,2H2,1H3;1-2H3. The van der Waals surface area contributed by atoms with Crippen LogP contribution < -0.4 is 4.72 Å². The van der Waals surface area contributed by atoms with Crippen LogP contribution in [0.3, 0.4) is 0 Å². The first-order chi connectivity index (χ1) is 5.31. The van der Waals surface area contributed by atoms with E-state index < -0.39 is 15.5 Å². The summed E-state index contributed by atoms with van der Waals surface area (Å²) in [5.74, 6) is 0. The van der Waals surface area contributed by atoms with Gasteiger partial charge in [0.2, 0.25) is 0 Å². The van der Waals surface area contributed by atoms with E-state index in [0.29, 0.717) is 0 Å². The Morgan fingerprint density at radius 2 is 1.58 bits per heavy atom. The van der Waals surface area contributed by atoms with Crippen molar-refractivity contribution in [3.63, 3.8) is 0 Å². The van der Waals surface area contributed by atoms with Gasteiger partial charge in [-0.15, -0.1) is 0 Å². The maximum absolute atomic E-state index is 11.4. The highest BCUT2D eigenvalue weighted by molar-refractivity contribution is 7.90. The van der Waals surface area contributed by atoms with Crippen LogP contribution in [0, 0.1) is 0 Å². The molecule has 0 aliphatic carbocycles. The minimum absolute atomic E-state index is 0.262. The minimum Gasteiger partial charge on any atom is -0.208 e. The quantitative estimate of drug-likeness (QED) is 0.745. The molecule has 0 aliphatic heterocycles. The van der Waals surface area contributed by atoms with Crippen LogP contribution in [-0.2, 0) is 10.0 Å². The summed E-state index contributed by atoms with van der Waals surface area (Å²) in [6.45, 7) is 5.01. The van der Waals surface area contributed by atoms with Gasteiger partial charge >= 0.3 is 15.5 Å². The number of nitrogens with one attached hydrogen (secondary N) is 1. The maximum Gasteiger partial charge on any atom is 0.511 e. The molecule has 0 aromatic rings. The summed E-state index contributed by atoms with van der Waals surface area (Å²) in [5, 5.41) is 0. The number of hydrogen-bond acceptors (Lipinski definition) is 2. The number of hydrogen-bond donors (Lipinski definition) is 1. The number of rotatable bonds is 2. The molecule has 3 nitrogen and oxygen atoms in total. The molecule has 0 bridgehead atoms. The van der Waals surface area contributed by atoms with E-state index in [4.69, 9.17) is 0 Å². The third kappa shape index (κ3) is 4.55. The first-order valence-corrected chi connectivity index (χ1v) is 4.85. The first kappa shape index (κ1) is 14.2. The summed E-state index contributed by atoms with van der Waals surface area (Å²) in [6.07, 6.45) is 0. The summed E-state index contributed by atoms with van der Waals surface area (Å²) in [7, 11) is -5.10. The Bertz CT molecular complexity index is 197. The van der Waals surface area contributed by atoms with E-state index in [2.05, 4.69) is 0 Å². The predicted molar refractivity (Wildman–Crippen MR) is 40.0 cm³/mol. The van der Waals surface area contributed by atoms with Crippen molar-refractivity contribution in [2.75, 3.05) is 6.54 Å². The van der Waals surface area contributed by atoms with Gasteiger partial charge in [0.1, 0.15) is 0 Å². The third-order valence-corrected chi connectivity index (χ3v) is 1.92. The van der Waals surface area contributed by atoms with Crippen LogP contribution in [0.5, 0.6) is 0 Å². The van der Waals surface area contributed by atoms with Crippen molar-refractivity contribution in [1.29, 1.82) is 0 Å². The fourth-order valence-corrected chi connectivity index (χ4v) is 0.816. The molecule has 0 aromatic carbocycles. The zero-order valence-corrected chi connectivity index (χ0v) is 7.88.